The second-order valence-corrected chi connectivity index (χ2v) is 4.26. The first-order valence-corrected chi connectivity index (χ1v) is 5.73. The monoisotopic (exact) mass is 297 g/mol. The number of amides is 2. The summed E-state index contributed by atoms with van der Waals surface area (Å²) in [5.41, 5.74) is 0.393. The van der Waals surface area contributed by atoms with E-state index in [1.165, 1.54) is 12.1 Å². The van der Waals surface area contributed by atoms with E-state index in [0.717, 1.165) is 4.90 Å². The lowest BCUT2D eigenvalue weighted by molar-refractivity contribution is -0.159. The first kappa shape index (κ1) is 13.3. The van der Waals surface area contributed by atoms with Gasteiger partial charge in [-0.2, -0.15) is 18.2 Å². The van der Waals surface area contributed by atoms with Crippen molar-refractivity contribution in [2.24, 2.45) is 0 Å². The molecule has 108 valence electrons. The molecule has 2 aromatic rings. The van der Waals surface area contributed by atoms with Gasteiger partial charge in [0.25, 0.3) is 11.8 Å². The highest BCUT2D eigenvalue weighted by Crippen LogP contribution is 2.28. The van der Waals surface area contributed by atoms with Crippen molar-refractivity contribution in [2.45, 2.75) is 12.7 Å². The maximum Gasteiger partial charge on any atom is 0.471 e. The van der Waals surface area contributed by atoms with E-state index in [1.54, 1.807) is 12.1 Å². The van der Waals surface area contributed by atoms with Gasteiger partial charge in [0.15, 0.2) is 5.82 Å². The molecule has 0 fully saturated rings. The van der Waals surface area contributed by atoms with Gasteiger partial charge in [0.1, 0.15) is 0 Å². The van der Waals surface area contributed by atoms with Crippen LogP contribution in [0.4, 0.5) is 13.2 Å². The maximum atomic E-state index is 12.3. The fraction of sp³-hybridized carbons (Fsp3) is 0.167. The van der Waals surface area contributed by atoms with Crippen LogP contribution in [0.15, 0.2) is 28.8 Å². The van der Waals surface area contributed by atoms with Gasteiger partial charge in [0.2, 0.25) is 0 Å². The zero-order chi connectivity index (χ0) is 15.2. The van der Waals surface area contributed by atoms with Crippen LogP contribution in [0, 0.1) is 0 Å². The largest absolute Gasteiger partial charge is 0.471 e. The minimum absolute atomic E-state index is 0.196. The van der Waals surface area contributed by atoms with Crippen molar-refractivity contribution in [3.8, 4) is 0 Å². The topological polar surface area (TPSA) is 76.3 Å². The van der Waals surface area contributed by atoms with E-state index < -0.39 is 36.3 Å². The first-order chi connectivity index (χ1) is 9.88. The Kier molecular flexibility index (Phi) is 2.78. The normalized spacial score (nSPS) is 14.7. The number of halogens is 3. The predicted octanol–water partition coefficient (Wildman–Crippen LogP) is 1.88. The van der Waals surface area contributed by atoms with Crippen molar-refractivity contribution in [3.05, 3.63) is 47.1 Å². The van der Waals surface area contributed by atoms with Crippen molar-refractivity contribution >= 4 is 11.8 Å². The summed E-state index contributed by atoms with van der Waals surface area (Å²) in [6.07, 6.45) is -4.77. The second kappa shape index (κ2) is 4.40. The van der Waals surface area contributed by atoms with Crippen molar-refractivity contribution in [2.75, 3.05) is 0 Å². The number of nitrogens with zero attached hydrogens (tertiary/aromatic N) is 3. The molecular formula is C12H6F3N3O3. The molecule has 0 atom stereocenters. The van der Waals surface area contributed by atoms with Crippen LogP contribution in [0.1, 0.15) is 32.4 Å². The average Bonchev–Trinajstić information content (AvgIpc) is 2.99. The van der Waals surface area contributed by atoms with E-state index in [4.69, 9.17) is 0 Å². The number of hydrogen-bond donors (Lipinski definition) is 0. The number of imide groups is 1. The molecule has 1 aromatic carbocycles. The lowest BCUT2D eigenvalue weighted by Gasteiger charge is -2.10. The standard InChI is InChI=1S/C12H6F3N3O3/c13-12(14,15)11-16-8(17-21-11)5-18-9(19)6-3-1-2-4-7(6)10(18)20/h1-4H,5H2. The third kappa shape index (κ3) is 2.16. The molecule has 0 aliphatic carbocycles. The molecule has 9 heteroatoms. The molecule has 0 saturated carbocycles. The summed E-state index contributed by atoms with van der Waals surface area (Å²) >= 11 is 0. The average molecular weight is 297 g/mol. The van der Waals surface area contributed by atoms with Gasteiger partial charge in [-0.25, -0.2) is 0 Å². The number of fused-ring (bicyclic) bond motifs is 1. The predicted molar refractivity (Wildman–Crippen MR) is 59.9 cm³/mol. The van der Waals surface area contributed by atoms with Crippen LogP contribution in [0.3, 0.4) is 0 Å². The van der Waals surface area contributed by atoms with Crippen LogP contribution < -0.4 is 0 Å². The minimum atomic E-state index is -4.77. The lowest BCUT2D eigenvalue weighted by Crippen LogP contribution is -2.29. The summed E-state index contributed by atoms with van der Waals surface area (Å²) in [5, 5.41) is 3.13. The van der Waals surface area contributed by atoms with Gasteiger partial charge < -0.3 is 4.52 Å². The van der Waals surface area contributed by atoms with Gasteiger partial charge >= 0.3 is 12.1 Å². The van der Waals surface area contributed by atoms with Crippen molar-refractivity contribution in [1.82, 2.24) is 15.0 Å². The lowest BCUT2D eigenvalue weighted by atomic mass is 10.1. The number of benzene rings is 1. The van der Waals surface area contributed by atoms with E-state index >= 15 is 0 Å². The highest BCUT2D eigenvalue weighted by atomic mass is 19.4. The van der Waals surface area contributed by atoms with Crippen LogP contribution in [0.5, 0.6) is 0 Å². The van der Waals surface area contributed by atoms with E-state index in [1.807, 2.05) is 0 Å². The zero-order valence-corrected chi connectivity index (χ0v) is 10.2. The molecule has 2 heterocycles. The molecule has 1 aromatic heterocycles. The minimum Gasteiger partial charge on any atom is -0.329 e. The molecule has 1 aliphatic rings. The van der Waals surface area contributed by atoms with E-state index in [0.29, 0.717) is 0 Å². The fourth-order valence-electron chi connectivity index (χ4n) is 1.96. The van der Waals surface area contributed by atoms with Crippen molar-refractivity contribution in [3.63, 3.8) is 0 Å². The van der Waals surface area contributed by atoms with E-state index in [9.17, 15) is 22.8 Å². The summed E-state index contributed by atoms with van der Waals surface area (Å²) in [5.74, 6) is -3.12. The van der Waals surface area contributed by atoms with Crippen molar-refractivity contribution in [1.29, 1.82) is 0 Å². The Morgan fingerprint density at radius 1 is 1.10 bits per heavy atom. The maximum absolute atomic E-state index is 12.3. The molecule has 3 rings (SSSR count). The molecule has 21 heavy (non-hydrogen) atoms. The molecule has 0 unspecified atom stereocenters. The van der Waals surface area contributed by atoms with E-state index in [2.05, 4.69) is 14.7 Å². The molecular weight excluding hydrogens is 291 g/mol. The molecule has 6 nitrogen and oxygen atoms in total. The Morgan fingerprint density at radius 3 is 2.14 bits per heavy atom. The zero-order valence-electron chi connectivity index (χ0n) is 10.2. The number of hydrogen-bond acceptors (Lipinski definition) is 5. The van der Waals surface area contributed by atoms with Gasteiger partial charge in [-0.05, 0) is 12.1 Å². The fourth-order valence-corrected chi connectivity index (χ4v) is 1.96. The third-order valence-corrected chi connectivity index (χ3v) is 2.89. The SMILES string of the molecule is O=C1c2ccccc2C(=O)N1Cc1noc(C(F)(F)F)n1. The van der Waals surface area contributed by atoms with Crippen LogP contribution >= 0.6 is 0 Å². The van der Waals surface area contributed by atoms with Crippen LogP contribution in [-0.4, -0.2) is 26.9 Å². The highest BCUT2D eigenvalue weighted by molar-refractivity contribution is 6.21. The second-order valence-electron chi connectivity index (χ2n) is 4.26. The number of carbonyl (C=O) groups excluding carboxylic acids is 2. The van der Waals surface area contributed by atoms with E-state index in [-0.39, 0.29) is 11.1 Å². The molecule has 0 saturated heterocycles. The number of rotatable bonds is 2. The Bertz CT molecular complexity index is 704. The number of carbonyl (C=O) groups is 2. The number of alkyl halides is 3. The van der Waals surface area contributed by atoms with Crippen molar-refractivity contribution < 1.29 is 27.3 Å². The van der Waals surface area contributed by atoms with Crippen LogP contribution in [0.25, 0.3) is 0 Å². The Labute approximate surface area is 115 Å². The third-order valence-electron chi connectivity index (χ3n) is 2.89. The smallest absolute Gasteiger partial charge is 0.329 e. The van der Waals surface area contributed by atoms with Gasteiger partial charge in [0.05, 0.1) is 17.7 Å². The summed E-state index contributed by atoms with van der Waals surface area (Å²) in [7, 11) is 0. The molecule has 1 aliphatic heterocycles. The number of aromatic nitrogens is 2. The summed E-state index contributed by atoms with van der Waals surface area (Å²) in [6, 6.07) is 6.10. The quantitative estimate of drug-likeness (QED) is 0.791. The molecule has 0 radical (unpaired) electrons. The molecule has 0 N–H and O–H groups in total. The summed E-state index contributed by atoms with van der Waals surface area (Å²) in [6.45, 7) is -0.480. The van der Waals surface area contributed by atoms with Crippen LogP contribution in [0.2, 0.25) is 0 Å². The Hall–Kier alpha value is -2.71. The summed E-state index contributed by atoms with van der Waals surface area (Å²) < 4.78 is 41.1. The molecule has 0 bridgehead atoms. The summed E-state index contributed by atoms with van der Waals surface area (Å²) in [4.78, 5) is 27.9. The molecule has 2 amide bonds. The Balaban J connectivity index is 1.86. The van der Waals surface area contributed by atoms with Crippen LogP contribution in [-0.2, 0) is 12.7 Å². The first-order valence-electron chi connectivity index (χ1n) is 5.73. The highest BCUT2D eigenvalue weighted by Gasteiger charge is 2.40. The molecule has 0 spiro atoms. The van der Waals surface area contributed by atoms with Gasteiger partial charge in [-0.1, -0.05) is 17.3 Å². The Morgan fingerprint density at radius 2 is 1.67 bits per heavy atom. The van der Waals surface area contributed by atoms with Gasteiger partial charge in [0, 0.05) is 0 Å². The van der Waals surface area contributed by atoms with Gasteiger partial charge in [-0.15, -0.1) is 0 Å². The van der Waals surface area contributed by atoms with Gasteiger partial charge in [-0.3, -0.25) is 14.5 Å².